The van der Waals surface area contributed by atoms with Crippen molar-refractivity contribution in [3.63, 3.8) is 0 Å². The van der Waals surface area contributed by atoms with Crippen LogP contribution in [0.25, 0.3) is 32.3 Å². The van der Waals surface area contributed by atoms with Gasteiger partial charge in [0.2, 0.25) is 0 Å². The van der Waals surface area contributed by atoms with Crippen molar-refractivity contribution in [2.75, 3.05) is 0 Å². The Hall–Kier alpha value is -2.34. The molecule has 0 saturated carbocycles. The third kappa shape index (κ3) is 1.39. The zero-order chi connectivity index (χ0) is 12.5. The fraction of sp³-hybridized carbons (Fsp3) is 0. The van der Waals surface area contributed by atoms with Gasteiger partial charge < -0.3 is 0 Å². The zero-order valence-corrected chi connectivity index (χ0v) is 10.2. The normalized spacial score (nSPS) is 10.7. The van der Waals surface area contributed by atoms with E-state index in [1.54, 1.807) is 0 Å². The lowest BCUT2D eigenvalue weighted by molar-refractivity contribution is 1.78. The molecule has 0 aliphatic carbocycles. The smallest absolute Gasteiger partial charge is 0.00268 e. The molecule has 0 nitrogen and oxygen atoms in total. The predicted octanol–water partition coefficient (Wildman–Crippen LogP) is 5.39. The summed E-state index contributed by atoms with van der Waals surface area (Å²) in [5.74, 6) is 0. The molecule has 86 valence electrons. The van der Waals surface area contributed by atoms with Crippen molar-refractivity contribution < 1.29 is 0 Å². The molecule has 0 heteroatoms. The van der Waals surface area contributed by atoms with Crippen molar-refractivity contribution in [3.05, 3.63) is 73.8 Å². The third-order valence-electron chi connectivity index (χ3n) is 3.39. The number of hydrogen-bond acceptors (Lipinski definition) is 0. The van der Waals surface area contributed by atoms with Gasteiger partial charge in [0.25, 0.3) is 0 Å². The summed E-state index contributed by atoms with van der Waals surface area (Å²) < 4.78 is 0. The van der Waals surface area contributed by atoms with Crippen LogP contribution in [0.2, 0.25) is 0 Å². The Morgan fingerprint density at radius 2 is 0.722 bits per heavy atom. The minimum absolute atomic E-state index is 1.34. The van der Waals surface area contributed by atoms with Gasteiger partial charge in [-0.05, 0) is 32.3 Å². The predicted molar refractivity (Wildman–Crippen MR) is 81.4 cm³/mol. The molecule has 0 fully saturated rings. The van der Waals surface area contributed by atoms with Crippen molar-refractivity contribution >= 4 is 32.3 Å². The minimum atomic E-state index is 1.34. The van der Waals surface area contributed by atoms with Crippen molar-refractivity contribution in [1.82, 2.24) is 0 Å². The van der Waals surface area contributed by atoms with E-state index in [-0.39, 0.29) is 0 Å². The summed E-state index contributed by atoms with van der Waals surface area (Å²) in [6.07, 6.45) is 0. The van der Waals surface area contributed by atoms with Crippen LogP contribution in [0.4, 0.5) is 0 Å². The van der Waals surface area contributed by atoms with Gasteiger partial charge in [0, 0.05) is 0 Å². The van der Waals surface area contributed by atoms with Crippen LogP contribution in [-0.2, 0) is 0 Å². The highest BCUT2D eigenvalue weighted by Gasteiger charge is 2.05. The first kappa shape index (κ1) is 10.8. The molecule has 0 heterocycles. The van der Waals surface area contributed by atoms with Crippen LogP contribution in [0.5, 0.6) is 0 Å². The molecule has 4 aromatic carbocycles. The Balaban J connectivity index is 0.000000478. The molecule has 4 aromatic rings. The molecule has 0 aromatic heterocycles. The lowest BCUT2D eigenvalue weighted by Crippen LogP contribution is -1.82. The maximum absolute atomic E-state index is 3.00. The van der Waals surface area contributed by atoms with Gasteiger partial charge in [0.15, 0.2) is 0 Å². The van der Waals surface area contributed by atoms with Gasteiger partial charge in [-0.25, -0.2) is 0 Å². The van der Waals surface area contributed by atoms with Crippen molar-refractivity contribution in [3.8, 4) is 0 Å². The van der Waals surface area contributed by atoms with E-state index >= 15 is 0 Å². The number of rotatable bonds is 0. The van der Waals surface area contributed by atoms with Gasteiger partial charge in [-0.2, -0.15) is 0 Å². The van der Waals surface area contributed by atoms with Crippen LogP contribution < -0.4 is 0 Å². The molecule has 0 bridgehead atoms. The van der Waals surface area contributed by atoms with E-state index in [4.69, 9.17) is 0 Å². The van der Waals surface area contributed by atoms with Crippen LogP contribution in [0.1, 0.15) is 0 Å². The maximum Gasteiger partial charge on any atom is -0.00268 e. The molecule has 18 heavy (non-hydrogen) atoms. The standard InChI is InChI=1S/C16H10.C2H4/c1-3-11-7-9-13-5-2-6-14-10-8-12(4-1)15(11)16(13)14;1-2/h1-10H;1-2H2. The first-order valence-corrected chi connectivity index (χ1v) is 6.06. The van der Waals surface area contributed by atoms with Crippen molar-refractivity contribution in [2.24, 2.45) is 0 Å². The molecular weight excluding hydrogens is 216 g/mol. The Morgan fingerprint density at radius 1 is 0.444 bits per heavy atom. The van der Waals surface area contributed by atoms with E-state index < -0.39 is 0 Å². The van der Waals surface area contributed by atoms with E-state index in [2.05, 4.69) is 73.8 Å². The Kier molecular flexibility index (Phi) is 2.49. The van der Waals surface area contributed by atoms with Gasteiger partial charge in [-0.15, -0.1) is 13.2 Å². The summed E-state index contributed by atoms with van der Waals surface area (Å²) in [5, 5.41) is 8.14. The summed E-state index contributed by atoms with van der Waals surface area (Å²) >= 11 is 0. The quantitative estimate of drug-likeness (QED) is 0.281. The molecule has 0 aliphatic rings. The zero-order valence-electron chi connectivity index (χ0n) is 10.2. The van der Waals surface area contributed by atoms with Gasteiger partial charge in [-0.1, -0.05) is 60.7 Å². The average Bonchev–Trinajstić information content (AvgIpc) is 2.47. The largest absolute Gasteiger partial charge is 0.106 e. The average molecular weight is 230 g/mol. The fourth-order valence-electron chi connectivity index (χ4n) is 2.67. The van der Waals surface area contributed by atoms with E-state index in [1.807, 2.05) is 0 Å². The highest BCUT2D eigenvalue weighted by molar-refractivity contribution is 6.22. The second kappa shape index (κ2) is 4.15. The first-order valence-electron chi connectivity index (χ1n) is 6.06. The van der Waals surface area contributed by atoms with Crippen LogP contribution in [0, 0.1) is 0 Å². The molecule has 0 saturated heterocycles. The molecule has 0 aliphatic heterocycles. The first-order chi connectivity index (χ1) is 8.93. The molecule has 0 spiro atoms. The molecular formula is C18H14. The molecule has 0 atom stereocenters. The molecule has 0 amide bonds. The summed E-state index contributed by atoms with van der Waals surface area (Å²) in [6, 6.07) is 21.9. The van der Waals surface area contributed by atoms with E-state index in [0.717, 1.165) is 0 Å². The molecule has 0 radical (unpaired) electrons. The number of hydrogen-bond donors (Lipinski definition) is 0. The lowest BCUT2D eigenvalue weighted by atomic mass is 9.95. The molecule has 4 rings (SSSR count). The Bertz CT molecular complexity index is 682. The topological polar surface area (TPSA) is 0 Å². The van der Waals surface area contributed by atoms with Crippen LogP contribution in [0.15, 0.2) is 73.8 Å². The van der Waals surface area contributed by atoms with E-state index in [1.165, 1.54) is 32.3 Å². The summed E-state index contributed by atoms with van der Waals surface area (Å²) in [5.41, 5.74) is 0. The maximum atomic E-state index is 3.00. The van der Waals surface area contributed by atoms with Crippen molar-refractivity contribution in [2.45, 2.75) is 0 Å². The summed E-state index contributed by atoms with van der Waals surface area (Å²) in [7, 11) is 0. The van der Waals surface area contributed by atoms with E-state index in [0.29, 0.717) is 0 Å². The second-order valence-electron chi connectivity index (χ2n) is 4.29. The highest BCUT2D eigenvalue weighted by atomic mass is 14.1. The van der Waals surface area contributed by atoms with Crippen LogP contribution in [-0.4, -0.2) is 0 Å². The summed E-state index contributed by atoms with van der Waals surface area (Å²) in [6.45, 7) is 6.00. The van der Waals surface area contributed by atoms with Gasteiger partial charge in [0.05, 0.1) is 0 Å². The van der Waals surface area contributed by atoms with Gasteiger partial charge in [-0.3, -0.25) is 0 Å². The molecule has 0 N–H and O–H groups in total. The second-order valence-corrected chi connectivity index (χ2v) is 4.29. The number of benzene rings is 4. The minimum Gasteiger partial charge on any atom is -0.106 e. The SMILES string of the molecule is C=C.c1cc2ccc3cccc4ccc(c1)c2c34. The monoisotopic (exact) mass is 230 g/mol. The highest BCUT2D eigenvalue weighted by Crippen LogP contribution is 2.33. The van der Waals surface area contributed by atoms with Gasteiger partial charge >= 0.3 is 0 Å². The van der Waals surface area contributed by atoms with Gasteiger partial charge in [0.1, 0.15) is 0 Å². The van der Waals surface area contributed by atoms with E-state index in [9.17, 15) is 0 Å². The Labute approximate surface area is 107 Å². The molecule has 0 unspecified atom stereocenters. The fourth-order valence-corrected chi connectivity index (χ4v) is 2.67. The lowest BCUT2D eigenvalue weighted by Gasteiger charge is -2.09. The summed E-state index contributed by atoms with van der Waals surface area (Å²) in [4.78, 5) is 0. The van der Waals surface area contributed by atoms with Crippen LogP contribution >= 0.6 is 0 Å². The Morgan fingerprint density at radius 3 is 1.00 bits per heavy atom. The van der Waals surface area contributed by atoms with Crippen LogP contribution in [0.3, 0.4) is 0 Å². The van der Waals surface area contributed by atoms with Crippen molar-refractivity contribution in [1.29, 1.82) is 0 Å². The third-order valence-corrected chi connectivity index (χ3v) is 3.39.